The highest BCUT2D eigenvalue weighted by Gasteiger charge is 2.49. The summed E-state index contributed by atoms with van der Waals surface area (Å²) in [6, 6.07) is 8.20. The standard InChI is InChI=1S/C24H29NO2/c1-14-8-6-7-9-15(14)20-21-16(10-23(2,3)12-18(21)26)25-17-11-24(4,5)13-19(27)22(17)20/h6-9,20-21H,10-13H2,1-5H3/t20-,21?/m1/s1. The molecule has 1 unspecified atom stereocenters. The van der Waals surface area contributed by atoms with Crippen LogP contribution in [0.1, 0.15) is 70.4 Å². The SMILES string of the molecule is Cc1ccccc1[C@H]1C2=C(CC(C)(C)CC2=O)N=C2CC(C)(C)CC(=O)C21. The van der Waals surface area contributed by atoms with Crippen molar-refractivity contribution >= 4 is 17.3 Å². The summed E-state index contributed by atoms with van der Waals surface area (Å²) in [5.74, 6) is -0.0266. The number of carbonyl (C=O) groups excluding carboxylic acids is 2. The molecule has 142 valence electrons. The van der Waals surface area contributed by atoms with E-state index in [4.69, 9.17) is 4.99 Å². The van der Waals surface area contributed by atoms with Crippen molar-refractivity contribution in [3.8, 4) is 0 Å². The van der Waals surface area contributed by atoms with Crippen LogP contribution in [0.15, 0.2) is 40.5 Å². The first-order valence-electron chi connectivity index (χ1n) is 10.00. The van der Waals surface area contributed by atoms with Crippen molar-refractivity contribution in [2.45, 2.75) is 66.2 Å². The minimum atomic E-state index is -0.275. The summed E-state index contributed by atoms with van der Waals surface area (Å²) >= 11 is 0. The van der Waals surface area contributed by atoms with Gasteiger partial charge in [0.25, 0.3) is 0 Å². The van der Waals surface area contributed by atoms with Gasteiger partial charge in [-0.1, -0.05) is 52.0 Å². The average molecular weight is 364 g/mol. The Kier molecular flexibility index (Phi) is 4.06. The topological polar surface area (TPSA) is 46.5 Å². The number of aliphatic imine (C=N–C) groups is 1. The lowest BCUT2D eigenvalue weighted by Gasteiger charge is -2.44. The number of benzene rings is 1. The quantitative estimate of drug-likeness (QED) is 0.690. The zero-order valence-electron chi connectivity index (χ0n) is 17.1. The molecule has 3 aliphatic rings. The van der Waals surface area contributed by atoms with Crippen LogP contribution >= 0.6 is 0 Å². The van der Waals surface area contributed by atoms with Gasteiger partial charge in [0.1, 0.15) is 5.78 Å². The molecule has 1 aromatic carbocycles. The number of hydrogen-bond acceptors (Lipinski definition) is 3. The minimum absolute atomic E-state index is 0.0606. The summed E-state index contributed by atoms with van der Waals surface area (Å²) < 4.78 is 0. The maximum Gasteiger partial charge on any atom is 0.161 e. The fraction of sp³-hybridized carbons (Fsp3) is 0.542. The fourth-order valence-corrected chi connectivity index (χ4v) is 5.28. The summed E-state index contributed by atoms with van der Waals surface area (Å²) in [5, 5.41) is 0. The third kappa shape index (κ3) is 3.11. The van der Waals surface area contributed by atoms with Crippen LogP contribution in [0.3, 0.4) is 0 Å². The van der Waals surface area contributed by atoms with E-state index in [2.05, 4.69) is 46.8 Å². The van der Waals surface area contributed by atoms with Crippen LogP contribution < -0.4 is 0 Å². The Morgan fingerprint density at radius 2 is 1.56 bits per heavy atom. The molecule has 3 heteroatoms. The molecular weight excluding hydrogens is 334 g/mol. The van der Waals surface area contributed by atoms with Crippen LogP contribution in [0.2, 0.25) is 0 Å². The van der Waals surface area contributed by atoms with Gasteiger partial charge in [-0.15, -0.1) is 0 Å². The van der Waals surface area contributed by atoms with Crippen molar-refractivity contribution in [3.63, 3.8) is 0 Å². The van der Waals surface area contributed by atoms with Gasteiger partial charge in [0, 0.05) is 35.7 Å². The monoisotopic (exact) mass is 363 g/mol. The Hall–Kier alpha value is -2.03. The second-order valence-corrected chi connectivity index (χ2v) is 10.2. The number of hydrogen-bond donors (Lipinski definition) is 0. The number of rotatable bonds is 1. The van der Waals surface area contributed by atoms with E-state index in [9.17, 15) is 9.59 Å². The summed E-state index contributed by atoms with van der Waals surface area (Å²) in [6.45, 7) is 10.6. The van der Waals surface area contributed by atoms with Crippen molar-refractivity contribution in [2.75, 3.05) is 0 Å². The van der Waals surface area contributed by atoms with Gasteiger partial charge < -0.3 is 0 Å². The highest BCUT2D eigenvalue weighted by Crippen LogP contribution is 2.51. The van der Waals surface area contributed by atoms with Gasteiger partial charge in [-0.2, -0.15) is 0 Å². The molecule has 27 heavy (non-hydrogen) atoms. The largest absolute Gasteiger partial charge is 0.299 e. The molecule has 0 amide bonds. The molecule has 0 radical (unpaired) electrons. The first-order valence-corrected chi connectivity index (χ1v) is 10.00. The van der Waals surface area contributed by atoms with Crippen molar-refractivity contribution in [2.24, 2.45) is 21.7 Å². The molecule has 1 saturated carbocycles. The molecule has 0 N–H and O–H groups in total. The Labute approximate surface area is 162 Å². The van der Waals surface area contributed by atoms with E-state index in [-0.39, 0.29) is 34.2 Å². The molecule has 3 nitrogen and oxygen atoms in total. The van der Waals surface area contributed by atoms with Crippen LogP contribution in [-0.2, 0) is 9.59 Å². The second-order valence-electron chi connectivity index (χ2n) is 10.2. The van der Waals surface area contributed by atoms with E-state index in [1.165, 1.54) is 0 Å². The molecule has 0 saturated heterocycles. The van der Waals surface area contributed by atoms with E-state index in [1.807, 2.05) is 12.1 Å². The average Bonchev–Trinajstić information content (AvgIpc) is 2.51. The Morgan fingerprint density at radius 3 is 2.26 bits per heavy atom. The van der Waals surface area contributed by atoms with Crippen molar-refractivity contribution in [1.29, 1.82) is 0 Å². The summed E-state index contributed by atoms with van der Waals surface area (Å²) in [7, 11) is 0. The zero-order valence-corrected chi connectivity index (χ0v) is 17.1. The van der Waals surface area contributed by atoms with E-state index in [0.717, 1.165) is 41.0 Å². The van der Waals surface area contributed by atoms with Crippen LogP contribution in [0.25, 0.3) is 0 Å². The lowest BCUT2D eigenvalue weighted by molar-refractivity contribution is -0.124. The molecule has 1 aliphatic heterocycles. The summed E-state index contributed by atoms with van der Waals surface area (Å²) in [4.78, 5) is 31.4. The number of nitrogens with zero attached hydrogens (tertiary/aromatic N) is 1. The minimum Gasteiger partial charge on any atom is -0.299 e. The smallest absolute Gasteiger partial charge is 0.161 e. The number of aryl methyl sites for hydroxylation is 1. The number of fused-ring (bicyclic) bond motifs is 1. The van der Waals surface area contributed by atoms with Crippen molar-refractivity contribution < 1.29 is 9.59 Å². The molecule has 2 atom stereocenters. The third-order valence-corrected chi connectivity index (χ3v) is 6.36. The van der Waals surface area contributed by atoms with Gasteiger partial charge in [-0.25, -0.2) is 0 Å². The van der Waals surface area contributed by atoms with Gasteiger partial charge in [0.05, 0.1) is 5.92 Å². The van der Waals surface area contributed by atoms with Gasteiger partial charge in [-0.05, 0) is 41.7 Å². The lowest BCUT2D eigenvalue weighted by atomic mass is 9.60. The zero-order chi connectivity index (χ0) is 19.6. The molecule has 0 spiro atoms. The Balaban J connectivity index is 1.94. The van der Waals surface area contributed by atoms with E-state index >= 15 is 0 Å². The van der Waals surface area contributed by atoms with Gasteiger partial charge in [-0.3, -0.25) is 14.6 Å². The van der Waals surface area contributed by atoms with Crippen LogP contribution in [0.4, 0.5) is 0 Å². The van der Waals surface area contributed by atoms with Crippen LogP contribution in [-0.4, -0.2) is 17.3 Å². The van der Waals surface area contributed by atoms with Gasteiger partial charge in [0.15, 0.2) is 5.78 Å². The van der Waals surface area contributed by atoms with Crippen molar-refractivity contribution in [3.05, 3.63) is 46.7 Å². The molecular formula is C24H29NO2. The summed E-state index contributed by atoms with van der Waals surface area (Å²) in [5.41, 5.74) is 4.86. The molecule has 0 aromatic heterocycles. The van der Waals surface area contributed by atoms with E-state index in [0.29, 0.717) is 12.8 Å². The maximum atomic E-state index is 13.2. The number of ketones is 2. The third-order valence-electron chi connectivity index (χ3n) is 6.36. The molecule has 0 bridgehead atoms. The van der Waals surface area contributed by atoms with E-state index in [1.54, 1.807) is 0 Å². The molecule has 1 heterocycles. The highest BCUT2D eigenvalue weighted by molar-refractivity contribution is 6.13. The first-order chi connectivity index (χ1) is 12.6. The number of allylic oxidation sites excluding steroid dienone is 2. The lowest BCUT2D eigenvalue weighted by Crippen LogP contribution is -2.45. The Morgan fingerprint density at radius 1 is 0.889 bits per heavy atom. The fourth-order valence-electron chi connectivity index (χ4n) is 5.28. The van der Waals surface area contributed by atoms with Crippen LogP contribution in [0.5, 0.6) is 0 Å². The van der Waals surface area contributed by atoms with Crippen LogP contribution in [0, 0.1) is 23.7 Å². The molecule has 1 aromatic rings. The summed E-state index contributed by atoms with van der Waals surface area (Å²) in [6.07, 6.45) is 2.73. The normalized spacial score (nSPS) is 29.1. The predicted octanol–water partition coefficient (Wildman–Crippen LogP) is 5.18. The Bertz CT molecular complexity index is 901. The first kappa shape index (κ1) is 18.3. The number of carbonyl (C=O) groups is 2. The highest BCUT2D eigenvalue weighted by atomic mass is 16.1. The van der Waals surface area contributed by atoms with Gasteiger partial charge >= 0.3 is 0 Å². The van der Waals surface area contributed by atoms with Crippen molar-refractivity contribution in [1.82, 2.24) is 0 Å². The molecule has 4 rings (SSSR count). The molecule has 1 fully saturated rings. The van der Waals surface area contributed by atoms with Gasteiger partial charge in [0.2, 0.25) is 0 Å². The maximum absolute atomic E-state index is 13.2. The molecule has 2 aliphatic carbocycles. The van der Waals surface area contributed by atoms with E-state index < -0.39 is 0 Å². The second kappa shape index (κ2) is 5.98. The number of Topliss-reactive ketones (excluding diaryl/α,β-unsaturated/α-hetero) is 2. The predicted molar refractivity (Wildman–Crippen MR) is 108 cm³/mol.